The fourth-order valence-corrected chi connectivity index (χ4v) is 2.95. The summed E-state index contributed by atoms with van der Waals surface area (Å²) in [5.74, 6) is 0. The summed E-state index contributed by atoms with van der Waals surface area (Å²) in [6.45, 7) is 7.20. The Morgan fingerprint density at radius 2 is 1.94 bits per heavy atom. The van der Waals surface area contributed by atoms with Gasteiger partial charge in [0.2, 0.25) is 0 Å². The molecule has 1 nitrogen and oxygen atoms in total. The molecule has 2 aromatic rings. The van der Waals surface area contributed by atoms with Crippen LogP contribution in [0, 0.1) is 20.8 Å². The summed E-state index contributed by atoms with van der Waals surface area (Å²) in [5, 5.41) is 4.18. The van der Waals surface area contributed by atoms with E-state index in [-0.39, 0.29) is 0 Å². The van der Waals surface area contributed by atoms with Crippen molar-refractivity contribution in [2.75, 3.05) is 5.32 Å². The van der Waals surface area contributed by atoms with Crippen molar-refractivity contribution in [2.45, 2.75) is 27.3 Å². The van der Waals surface area contributed by atoms with Crippen molar-refractivity contribution in [1.29, 1.82) is 0 Å². The highest BCUT2D eigenvalue weighted by Gasteiger charge is 2.04. The Labute approximate surface area is 111 Å². The predicted molar refractivity (Wildman–Crippen MR) is 77.3 cm³/mol. The van der Waals surface area contributed by atoms with Crippen molar-refractivity contribution in [1.82, 2.24) is 0 Å². The van der Waals surface area contributed by atoms with Crippen LogP contribution in [0.3, 0.4) is 0 Å². The fraction of sp³-hybridized carbons (Fsp3) is 0.286. The number of nitrogens with one attached hydrogen (secondary N) is 1. The van der Waals surface area contributed by atoms with Gasteiger partial charge in [-0.25, -0.2) is 0 Å². The molecule has 1 N–H and O–H groups in total. The van der Waals surface area contributed by atoms with Gasteiger partial charge in [0.25, 0.3) is 0 Å². The molecule has 0 aliphatic heterocycles. The van der Waals surface area contributed by atoms with Gasteiger partial charge in [0.1, 0.15) is 0 Å². The second kappa shape index (κ2) is 5.11. The Balaban J connectivity index is 2.12. The van der Waals surface area contributed by atoms with Gasteiger partial charge in [-0.1, -0.05) is 17.7 Å². The van der Waals surface area contributed by atoms with E-state index in [1.54, 1.807) is 0 Å². The molecule has 0 amide bonds. The maximum atomic E-state index is 6.15. The summed E-state index contributed by atoms with van der Waals surface area (Å²) in [7, 11) is 0. The SMILES string of the molecule is Cc1ccc(Cl)c(NCc2cc(C)sc2C)c1. The number of hydrogen-bond acceptors (Lipinski definition) is 2. The van der Waals surface area contributed by atoms with Gasteiger partial charge < -0.3 is 5.32 Å². The van der Waals surface area contributed by atoms with E-state index in [1.165, 1.54) is 20.9 Å². The summed E-state index contributed by atoms with van der Waals surface area (Å²) in [6.07, 6.45) is 0. The quantitative estimate of drug-likeness (QED) is 0.829. The molecule has 2 rings (SSSR count). The highest BCUT2D eigenvalue weighted by Crippen LogP contribution is 2.25. The smallest absolute Gasteiger partial charge is 0.0637 e. The molecule has 0 unspecified atom stereocenters. The van der Waals surface area contributed by atoms with Gasteiger partial charge in [-0.15, -0.1) is 11.3 Å². The van der Waals surface area contributed by atoms with E-state index < -0.39 is 0 Å². The molecule has 0 aliphatic rings. The van der Waals surface area contributed by atoms with Crippen LogP contribution in [0.5, 0.6) is 0 Å². The van der Waals surface area contributed by atoms with E-state index in [0.717, 1.165) is 17.3 Å². The van der Waals surface area contributed by atoms with Crippen molar-refractivity contribution >= 4 is 28.6 Å². The Bertz CT molecular complexity index is 531. The normalized spacial score (nSPS) is 10.6. The first-order chi connectivity index (χ1) is 8.06. The van der Waals surface area contributed by atoms with Crippen LogP contribution in [0.2, 0.25) is 5.02 Å². The highest BCUT2D eigenvalue weighted by atomic mass is 35.5. The van der Waals surface area contributed by atoms with Crippen molar-refractivity contribution in [3.05, 3.63) is 50.2 Å². The van der Waals surface area contributed by atoms with Crippen LogP contribution in [0.15, 0.2) is 24.3 Å². The maximum absolute atomic E-state index is 6.15. The van der Waals surface area contributed by atoms with Crippen LogP contribution in [-0.2, 0) is 6.54 Å². The summed E-state index contributed by atoms with van der Waals surface area (Å²) in [6, 6.07) is 8.27. The number of anilines is 1. The first-order valence-corrected chi connectivity index (χ1v) is 6.81. The Hall–Kier alpha value is -0.990. The molecule has 0 saturated heterocycles. The number of thiophene rings is 1. The molecule has 0 fully saturated rings. The van der Waals surface area contributed by atoms with E-state index in [0.29, 0.717) is 0 Å². The molecule has 0 atom stereocenters. The van der Waals surface area contributed by atoms with Crippen molar-refractivity contribution in [3.8, 4) is 0 Å². The lowest BCUT2D eigenvalue weighted by Crippen LogP contribution is -2.00. The lowest BCUT2D eigenvalue weighted by molar-refractivity contribution is 1.14. The Morgan fingerprint density at radius 3 is 2.59 bits per heavy atom. The fourth-order valence-electron chi connectivity index (χ4n) is 1.82. The van der Waals surface area contributed by atoms with Crippen LogP contribution in [0.25, 0.3) is 0 Å². The van der Waals surface area contributed by atoms with Gasteiger partial charge in [0.05, 0.1) is 10.7 Å². The van der Waals surface area contributed by atoms with E-state index in [1.807, 2.05) is 23.5 Å². The van der Waals surface area contributed by atoms with E-state index in [2.05, 4.69) is 38.2 Å². The predicted octanol–water partition coefficient (Wildman–Crippen LogP) is 4.94. The van der Waals surface area contributed by atoms with Crippen molar-refractivity contribution < 1.29 is 0 Å². The molecule has 1 aromatic carbocycles. The first kappa shape index (κ1) is 12.5. The van der Waals surface area contributed by atoms with Gasteiger partial charge >= 0.3 is 0 Å². The zero-order valence-corrected chi connectivity index (χ0v) is 11.9. The maximum Gasteiger partial charge on any atom is 0.0637 e. The molecule has 90 valence electrons. The monoisotopic (exact) mass is 265 g/mol. The van der Waals surface area contributed by atoms with Crippen LogP contribution in [0.1, 0.15) is 20.9 Å². The first-order valence-electron chi connectivity index (χ1n) is 5.62. The minimum atomic E-state index is 0.778. The van der Waals surface area contributed by atoms with Crippen molar-refractivity contribution in [2.24, 2.45) is 0 Å². The second-order valence-corrected chi connectivity index (χ2v) is 6.14. The highest BCUT2D eigenvalue weighted by molar-refractivity contribution is 7.12. The standard InChI is InChI=1S/C14H16ClNS/c1-9-4-5-13(15)14(6-9)16-8-12-7-10(2)17-11(12)3/h4-7,16H,8H2,1-3H3. The molecular formula is C14H16ClNS. The summed E-state index contributed by atoms with van der Waals surface area (Å²) < 4.78 is 0. The molecule has 0 aliphatic carbocycles. The van der Waals surface area contributed by atoms with Gasteiger partial charge in [0.15, 0.2) is 0 Å². The minimum Gasteiger partial charge on any atom is -0.380 e. The summed E-state index contributed by atoms with van der Waals surface area (Å²) in [5.41, 5.74) is 3.58. The van der Waals surface area contributed by atoms with Gasteiger partial charge in [-0.05, 0) is 50.1 Å². The second-order valence-electron chi connectivity index (χ2n) is 4.28. The molecule has 17 heavy (non-hydrogen) atoms. The Morgan fingerprint density at radius 1 is 1.18 bits per heavy atom. The van der Waals surface area contributed by atoms with Gasteiger partial charge in [-0.3, -0.25) is 0 Å². The summed E-state index contributed by atoms with van der Waals surface area (Å²) >= 11 is 7.99. The molecule has 1 aromatic heterocycles. The Kier molecular flexibility index (Phi) is 3.75. The number of rotatable bonds is 3. The molecule has 3 heteroatoms. The lowest BCUT2D eigenvalue weighted by atomic mass is 10.2. The van der Waals surface area contributed by atoms with E-state index in [4.69, 9.17) is 11.6 Å². The van der Waals surface area contributed by atoms with Crippen LogP contribution in [-0.4, -0.2) is 0 Å². The molecular weight excluding hydrogens is 250 g/mol. The largest absolute Gasteiger partial charge is 0.380 e. The molecule has 1 heterocycles. The van der Waals surface area contributed by atoms with E-state index in [9.17, 15) is 0 Å². The van der Waals surface area contributed by atoms with Crippen molar-refractivity contribution in [3.63, 3.8) is 0 Å². The minimum absolute atomic E-state index is 0.778. The topological polar surface area (TPSA) is 12.0 Å². The molecule has 0 radical (unpaired) electrons. The van der Waals surface area contributed by atoms with E-state index >= 15 is 0 Å². The molecule has 0 bridgehead atoms. The molecule has 0 spiro atoms. The number of aryl methyl sites for hydroxylation is 3. The summed E-state index contributed by atoms with van der Waals surface area (Å²) in [4.78, 5) is 2.73. The number of hydrogen-bond donors (Lipinski definition) is 1. The number of benzene rings is 1. The van der Waals surface area contributed by atoms with Crippen LogP contribution < -0.4 is 5.32 Å². The zero-order chi connectivity index (χ0) is 12.4. The zero-order valence-electron chi connectivity index (χ0n) is 10.3. The van der Waals surface area contributed by atoms with Gasteiger partial charge in [-0.2, -0.15) is 0 Å². The third-order valence-electron chi connectivity index (χ3n) is 2.73. The molecule has 0 saturated carbocycles. The third-order valence-corrected chi connectivity index (χ3v) is 4.07. The average molecular weight is 266 g/mol. The third kappa shape index (κ3) is 3.02. The lowest BCUT2D eigenvalue weighted by Gasteiger charge is -2.09. The van der Waals surface area contributed by atoms with Crippen LogP contribution in [0.4, 0.5) is 5.69 Å². The average Bonchev–Trinajstić information content (AvgIpc) is 2.59. The van der Waals surface area contributed by atoms with Gasteiger partial charge in [0, 0.05) is 16.3 Å². The van der Waals surface area contributed by atoms with Crippen LogP contribution >= 0.6 is 22.9 Å². The number of halogens is 1.